The van der Waals surface area contributed by atoms with Crippen LogP contribution >= 0.6 is 12.2 Å². The molecule has 2 nitrogen and oxygen atoms in total. The van der Waals surface area contributed by atoms with Crippen LogP contribution in [-0.2, 0) is 6.54 Å². The first kappa shape index (κ1) is 14.4. The maximum absolute atomic E-state index is 13.5. The van der Waals surface area contributed by atoms with Crippen molar-refractivity contribution in [1.82, 2.24) is 0 Å². The van der Waals surface area contributed by atoms with Crippen LogP contribution in [-0.4, -0.2) is 12.0 Å². The van der Waals surface area contributed by atoms with Gasteiger partial charge in [-0.05, 0) is 42.0 Å². The Morgan fingerprint density at radius 3 is 2.55 bits per heavy atom. The van der Waals surface area contributed by atoms with Gasteiger partial charge in [-0.15, -0.1) is 0 Å². The van der Waals surface area contributed by atoms with Crippen molar-refractivity contribution in [1.29, 1.82) is 0 Å². The van der Waals surface area contributed by atoms with Crippen LogP contribution in [0.2, 0.25) is 0 Å². The fourth-order valence-electron chi connectivity index (χ4n) is 1.96. The van der Waals surface area contributed by atoms with Gasteiger partial charge >= 0.3 is 0 Å². The molecule has 0 saturated heterocycles. The Kier molecular flexibility index (Phi) is 4.29. The number of hydrogen-bond donors (Lipinski definition) is 1. The highest BCUT2D eigenvalue weighted by Crippen LogP contribution is 2.18. The number of thiocarbonyl (C=S) groups is 1. The molecule has 0 bridgehead atoms. The Morgan fingerprint density at radius 1 is 1.15 bits per heavy atom. The van der Waals surface area contributed by atoms with Crippen molar-refractivity contribution in [2.75, 3.05) is 11.9 Å². The zero-order valence-corrected chi connectivity index (χ0v) is 11.8. The van der Waals surface area contributed by atoms with Gasteiger partial charge in [-0.25, -0.2) is 8.78 Å². The maximum Gasteiger partial charge on any atom is 0.125 e. The van der Waals surface area contributed by atoms with Gasteiger partial charge in [0.05, 0.1) is 0 Å². The molecule has 2 rings (SSSR count). The summed E-state index contributed by atoms with van der Waals surface area (Å²) in [5.41, 5.74) is 7.44. The molecule has 0 aliphatic rings. The third-order valence-corrected chi connectivity index (χ3v) is 3.15. The van der Waals surface area contributed by atoms with Gasteiger partial charge in [0.25, 0.3) is 0 Å². The molecule has 5 heteroatoms. The zero-order chi connectivity index (χ0) is 14.7. The third kappa shape index (κ3) is 3.51. The van der Waals surface area contributed by atoms with E-state index in [0.29, 0.717) is 17.8 Å². The van der Waals surface area contributed by atoms with Gasteiger partial charge in [-0.2, -0.15) is 0 Å². The smallest absolute Gasteiger partial charge is 0.125 e. The molecule has 0 fully saturated rings. The highest BCUT2D eigenvalue weighted by atomic mass is 32.1. The first-order valence-corrected chi connectivity index (χ1v) is 6.42. The highest BCUT2D eigenvalue weighted by molar-refractivity contribution is 7.80. The molecule has 20 heavy (non-hydrogen) atoms. The summed E-state index contributed by atoms with van der Waals surface area (Å²) in [6.07, 6.45) is 0. The second-order valence-electron chi connectivity index (χ2n) is 4.55. The fourth-order valence-corrected chi connectivity index (χ4v) is 2.08. The monoisotopic (exact) mass is 292 g/mol. The average Bonchev–Trinajstić information content (AvgIpc) is 2.37. The molecular weight excluding hydrogens is 278 g/mol. The van der Waals surface area contributed by atoms with Gasteiger partial charge in [-0.3, -0.25) is 0 Å². The van der Waals surface area contributed by atoms with Crippen LogP contribution in [0.15, 0.2) is 42.5 Å². The van der Waals surface area contributed by atoms with Crippen molar-refractivity contribution in [3.05, 3.63) is 65.2 Å². The van der Waals surface area contributed by atoms with E-state index in [1.54, 1.807) is 25.2 Å². The van der Waals surface area contributed by atoms with Crippen LogP contribution in [0, 0.1) is 11.6 Å². The van der Waals surface area contributed by atoms with E-state index in [-0.39, 0.29) is 10.8 Å². The topological polar surface area (TPSA) is 29.3 Å². The van der Waals surface area contributed by atoms with Crippen molar-refractivity contribution in [3.8, 4) is 0 Å². The van der Waals surface area contributed by atoms with E-state index in [2.05, 4.69) is 0 Å². The van der Waals surface area contributed by atoms with Crippen molar-refractivity contribution in [2.45, 2.75) is 6.54 Å². The van der Waals surface area contributed by atoms with Crippen molar-refractivity contribution < 1.29 is 8.78 Å². The van der Waals surface area contributed by atoms with Gasteiger partial charge in [0, 0.05) is 24.8 Å². The summed E-state index contributed by atoms with van der Waals surface area (Å²) in [7, 11) is 1.81. The molecule has 104 valence electrons. The lowest BCUT2D eigenvalue weighted by atomic mass is 10.1. The van der Waals surface area contributed by atoms with E-state index in [0.717, 1.165) is 5.56 Å². The van der Waals surface area contributed by atoms with Crippen LogP contribution in [0.4, 0.5) is 14.5 Å². The molecule has 0 unspecified atom stereocenters. The normalized spacial score (nSPS) is 10.3. The summed E-state index contributed by atoms with van der Waals surface area (Å²) >= 11 is 4.85. The second kappa shape index (κ2) is 5.96. The van der Waals surface area contributed by atoms with Crippen LogP contribution in [0.3, 0.4) is 0 Å². The van der Waals surface area contributed by atoms with Gasteiger partial charge in [0.2, 0.25) is 0 Å². The summed E-state index contributed by atoms with van der Waals surface area (Å²) in [4.78, 5) is 1.97. The maximum atomic E-state index is 13.5. The Hall–Kier alpha value is -2.01. The van der Waals surface area contributed by atoms with E-state index >= 15 is 0 Å². The van der Waals surface area contributed by atoms with E-state index in [1.807, 2.05) is 4.90 Å². The molecule has 0 spiro atoms. The minimum absolute atomic E-state index is 0.152. The first-order chi connectivity index (χ1) is 9.45. The minimum atomic E-state index is -0.391. The molecule has 0 aromatic heterocycles. The molecule has 0 atom stereocenters. The lowest BCUT2D eigenvalue weighted by Crippen LogP contribution is -2.17. The molecule has 0 saturated carbocycles. The fraction of sp³-hybridized carbons (Fsp3) is 0.133. The Bertz CT molecular complexity index is 644. The predicted molar refractivity (Wildman–Crippen MR) is 80.8 cm³/mol. The average molecular weight is 292 g/mol. The SMILES string of the molecule is CN(Cc1cc(F)cc(C(N)=S)c1)c1cccc(F)c1. The number of halogens is 2. The van der Waals surface area contributed by atoms with Gasteiger partial charge < -0.3 is 10.6 Å². The lowest BCUT2D eigenvalue weighted by molar-refractivity contribution is 0.623. The van der Waals surface area contributed by atoms with Gasteiger partial charge in [0.1, 0.15) is 16.6 Å². The van der Waals surface area contributed by atoms with Gasteiger partial charge in [0.15, 0.2) is 0 Å². The van der Waals surface area contributed by atoms with Crippen LogP contribution in [0.1, 0.15) is 11.1 Å². The Balaban J connectivity index is 2.23. The first-order valence-electron chi connectivity index (χ1n) is 6.01. The van der Waals surface area contributed by atoms with Crippen LogP contribution in [0.25, 0.3) is 0 Å². The van der Waals surface area contributed by atoms with E-state index in [9.17, 15) is 8.78 Å². The van der Waals surface area contributed by atoms with Crippen molar-refractivity contribution >= 4 is 22.9 Å². The summed E-state index contributed by atoms with van der Waals surface area (Å²) in [5, 5.41) is 0. The molecule has 0 aliphatic heterocycles. The minimum Gasteiger partial charge on any atom is -0.389 e. The Labute approximate surface area is 121 Å². The molecule has 2 aromatic carbocycles. The zero-order valence-electron chi connectivity index (χ0n) is 10.9. The Morgan fingerprint density at radius 2 is 1.90 bits per heavy atom. The number of anilines is 1. The molecule has 0 heterocycles. The third-order valence-electron chi connectivity index (χ3n) is 2.91. The van der Waals surface area contributed by atoms with E-state index < -0.39 is 5.82 Å². The molecule has 0 radical (unpaired) electrons. The predicted octanol–water partition coefficient (Wildman–Crippen LogP) is 3.24. The summed E-state index contributed by atoms with van der Waals surface area (Å²) in [6.45, 7) is 0.427. The number of nitrogens with two attached hydrogens (primary N) is 1. The van der Waals surface area contributed by atoms with Crippen molar-refractivity contribution in [2.24, 2.45) is 5.73 Å². The summed E-state index contributed by atoms with van der Waals surface area (Å²) < 4.78 is 26.7. The quantitative estimate of drug-likeness (QED) is 0.877. The molecule has 2 N–H and O–H groups in total. The van der Waals surface area contributed by atoms with Crippen LogP contribution < -0.4 is 10.6 Å². The molecule has 0 amide bonds. The molecule has 0 aliphatic carbocycles. The highest BCUT2D eigenvalue weighted by Gasteiger charge is 2.07. The van der Waals surface area contributed by atoms with E-state index in [1.165, 1.54) is 24.3 Å². The van der Waals surface area contributed by atoms with Crippen molar-refractivity contribution in [3.63, 3.8) is 0 Å². The second-order valence-corrected chi connectivity index (χ2v) is 4.99. The summed E-state index contributed by atoms with van der Waals surface area (Å²) in [5.74, 6) is -0.699. The number of benzene rings is 2. The molecular formula is C15H14F2N2S. The lowest BCUT2D eigenvalue weighted by Gasteiger charge is -2.20. The van der Waals surface area contributed by atoms with E-state index in [4.69, 9.17) is 18.0 Å². The largest absolute Gasteiger partial charge is 0.389 e. The molecule has 2 aromatic rings. The van der Waals surface area contributed by atoms with Crippen LogP contribution in [0.5, 0.6) is 0 Å². The number of rotatable bonds is 4. The number of nitrogens with zero attached hydrogens (tertiary/aromatic N) is 1. The summed E-state index contributed by atoms with van der Waals surface area (Å²) in [6, 6.07) is 10.7. The standard InChI is InChI=1S/C15H14F2N2S/c1-19(14-4-2-3-12(16)8-14)9-10-5-11(15(18)20)7-13(17)6-10/h2-8H,9H2,1H3,(H2,18,20). The number of hydrogen-bond acceptors (Lipinski definition) is 2. The van der Waals surface area contributed by atoms with Gasteiger partial charge in [-0.1, -0.05) is 18.3 Å².